The van der Waals surface area contributed by atoms with Crippen LogP contribution in [0.3, 0.4) is 0 Å². The fourth-order valence-electron chi connectivity index (χ4n) is 1.64. The smallest absolute Gasteiger partial charge is 0.135 e. The number of benzene rings is 1. The molecule has 0 bridgehead atoms. The van der Waals surface area contributed by atoms with Crippen LogP contribution < -0.4 is 0 Å². The van der Waals surface area contributed by atoms with E-state index in [-0.39, 0.29) is 5.78 Å². The summed E-state index contributed by atoms with van der Waals surface area (Å²) in [6.45, 7) is 7.57. The van der Waals surface area contributed by atoms with E-state index in [4.69, 9.17) is 0 Å². The minimum absolute atomic E-state index is 0.153. The zero-order valence-electron chi connectivity index (χ0n) is 9.79. The second-order valence-electron chi connectivity index (χ2n) is 4.07. The molecule has 0 unspecified atom stereocenters. The van der Waals surface area contributed by atoms with Gasteiger partial charge in [-0.15, -0.1) is 0 Å². The molecule has 0 saturated carbocycles. The lowest BCUT2D eigenvalue weighted by atomic mass is 10.1. The standard InChI is InChI=1S/C13H17NO/c1-9-5-10(2)7-13(6-9)14-11(3)8-12(4)15/h5-7H,8H2,1-4H3. The van der Waals surface area contributed by atoms with E-state index < -0.39 is 0 Å². The number of hydrogen-bond acceptors (Lipinski definition) is 2. The number of aliphatic imine (C=N–C) groups is 1. The van der Waals surface area contributed by atoms with E-state index in [0.717, 1.165) is 11.4 Å². The van der Waals surface area contributed by atoms with Gasteiger partial charge < -0.3 is 0 Å². The number of hydrogen-bond donors (Lipinski definition) is 0. The Hall–Kier alpha value is -1.44. The van der Waals surface area contributed by atoms with Crippen molar-refractivity contribution < 1.29 is 4.79 Å². The Morgan fingerprint density at radius 2 is 1.67 bits per heavy atom. The van der Waals surface area contributed by atoms with Crippen molar-refractivity contribution in [3.63, 3.8) is 0 Å². The molecule has 0 fully saturated rings. The highest BCUT2D eigenvalue weighted by Crippen LogP contribution is 2.17. The lowest BCUT2D eigenvalue weighted by Crippen LogP contribution is -1.99. The SMILES string of the molecule is CC(=O)CC(C)=Nc1cc(C)cc(C)c1. The molecule has 15 heavy (non-hydrogen) atoms. The molecule has 0 amide bonds. The Balaban J connectivity index is 2.92. The number of carbonyl (C=O) groups is 1. The monoisotopic (exact) mass is 203 g/mol. The minimum atomic E-state index is 0.153. The molecule has 2 heteroatoms. The van der Waals surface area contributed by atoms with Crippen LogP contribution in [-0.4, -0.2) is 11.5 Å². The van der Waals surface area contributed by atoms with E-state index in [0.29, 0.717) is 6.42 Å². The van der Waals surface area contributed by atoms with Gasteiger partial charge in [-0.1, -0.05) is 6.07 Å². The molecule has 0 spiro atoms. The van der Waals surface area contributed by atoms with Crippen LogP contribution in [0.4, 0.5) is 5.69 Å². The summed E-state index contributed by atoms with van der Waals surface area (Å²) in [4.78, 5) is 15.3. The van der Waals surface area contributed by atoms with Gasteiger partial charge in [0.1, 0.15) is 5.78 Å². The van der Waals surface area contributed by atoms with E-state index in [1.54, 1.807) is 6.92 Å². The first-order chi connectivity index (χ1) is 6.97. The second-order valence-corrected chi connectivity index (χ2v) is 4.07. The summed E-state index contributed by atoms with van der Waals surface area (Å²) in [5.74, 6) is 0.153. The number of Topliss-reactive ketones (excluding diaryl/α,β-unsaturated/α-hetero) is 1. The summed E-state index contributed by atoms with van der Waals surface area (Å²) in [6.07, 6.45) is 0.437. The maximum absolute atomic E-state index is 10.9. The van der Waals surface area contributed by atoms with E-state index in [1.165, 1.54) is 11.1 Å². The van der Waals surface area contributed by atoms with Gasteiger partial charge in [-0.25, -0.2) is 0 Å². The third-order valence-electron chi connectivity index (χ3n) is 2.03. The number of ketones is 1. The van der Waals surface area contributed by atoms with Crippen LogP contribution in [0.25, 0.3) is 0 Å². The summed E-state index contributed by atoms with van der Waals surface area (Å²) in [5.41, 5.74) is 4.20. The fourth-order valence-corrected chi connectivity index (χ4v) is 1.64. The van der Waals surface area contributed by atoms with Gasteiger partial charge >= 0.3 is 0 Å². The molecular formula is C13H17NO. The molecule has 2 nitrogen and oxygen atoms in total. The van der Waals surface area contributed by atoms with Crippen LogP contribution in [-0.2, 0) is 4.79 Å². The Morgan fingerprint density at radius 1 is 1.13 bits per heavy atom. The molecule has 0 N–H and O–H groups in total. The third-order valence-corrected chi connectivity index (χ3v) is 2.03. The molecule has 0 aliphatic heterocycles. The van der Waals surface area contributed by atoms with Crippen molar-refractivity contribution >= 4 is 17.2 Å². The molecule has 0 aliphatic rings. The van der Waals surface area contributed by atoms with Crippen LogP contribution in [0.2, 0.25) is 0 Å². The van der Waals surface area contributed by atoms with Gasteiger partial charge in [-0.2, -0.15) is 0 Å². The van der Waals surface area contributed by atoms with Crippen molar-refractivity contribution in [1.82, 2.24) is 0 Å². The maximum Gasteiger partial charge on any atom is 0.135 e. The summed E-state index contributed by atoms with van der Waals surface area (Å²) in [5, 5.41) is 0. The summed E-state index contributed by atoms with van der Waals surface area (Å²) in [6, 6.07) is 6.16. The van der Waals surface area contributed by atoms with Gasteiger partial charge in [0.25, 0.3) is 0 Å². The molecule has 0 saturated heterocycles. The van der Waals surface area contributed by atoms with Crippen molar-refractivity contribution in [3.05, 3.63) is 29.3 Å². The van der Waals surface area contributed by atoms with Crippen molar-refractivity contribution in [3.8, 4) is 0 Å². The van der Waals surface area contributed by atoms with Crippen molar-refractivity contribution in [2.24, 2.45) is 4.99 Å². The van der Waals surface area contributed by atoms with Crippen molar-refractivity contribution in [2.45, 2.75) is 34.1 Å². The van der Waals surface area contributed by atoms with Gasteiger partial charge in [0.15, 0.2) is 0 Å². The molecule has 0 heterocycles. The van der Waals surface area contributed by atoms with Crippen LogP contribution >= 0.6 is 0 Å². The zero-order valence-corrected chi connectivity index (χ0v) is 9.79. The van der Waals surface area contributed by atoms with E-state index >= 15 is 0 Å². The second kappa shape index (κ2) is 4.87. The van der Waals surface area contributed by atoms with E-state index in [2.05, 4.69) is 11.1 Å². The highest BCUT2D eigenvalue weighted by molar-refractivity contribution is 6.00. The van der Waals surface area contributed by atoms with Gasteiger partial charge in [0, 0.05) is 12.1 Å². The highest BCUT2D eigenvalue weighted by atomic mass is 16.1. The van der Waals surface area contributed by atoms with Crippen LogP contribution in [0.15, 0.2) is 23.2 Å². The Bertz CT molecular complexity index is 385. The van der Waals surface area contributed by atoms with E-state index in [9.17, 15) is 4.79 Å². The number of rotatable bonds is 3. The fraction of sp³-hybridized carbons (Fsp3) is 0.385. The molecule has 80 valence electrons. The van der Waals surface area contributed by atoms with Gasteiger partial charge in [-0.3, -0.25) is 9.79 Å². The van der Waals surface area contributed by atoms with Crippen LogP contribution in [0, 0.1) is 13.8 Å². The highest BCUT2D eigenvalue weighted by Gasteiger charge is 1.98. The largest absolute Gasteiger partial charge is 0.300 e. The zero-order chi connectivity index (χ0) is 11.4. The van der Waals surface area contributed by atoms with Crippen LogP contribution in [0.1, 0.15) is 31.4 Å². The first kappa shape index (κ1) is 11.6. The summed E-state index contributed by atoms with van der Waals surface area (Å²) < 4.78 is 0. The quantitative estimate of drug-likeness (QED) is 0.692. The third kappa shape index (κ3) is 4.07. The summed E-state index contributed by atoms with van der Waals surface area (Å²) >= 11 is 0. The van der Waals surface area contributed by atoms with Gasteiger partial charge in [-0.05, 0) is 51.0 Å². The first-order valence-corrected chi connectivity index (χ1v) is 5.09. The van der Waals surface area contributed by atoms with E-state index in [1.807, 2.05) is 32.9 Å². The predicted molar refractivity (Wildman–Crippen MR) is 64.0 cm³/mol. The van der Waals surface area contributed by atoms with Gasteiger partial charge in [0.2, 0.25) is 0 Å². The minimum Gasteiger partial charge on any atom is -0.300 e. The normalized spacial score (nSPS) is 11.6. The summed E-state index contributed by atoms with van der Waals surface area (Å²) in [7, 11) is 0. The van der Waals surface area contributed by atoms with Gasteiger partial charge in [0.05, 0.1) is 5.69 Å². The van der Waals surface area contributed by atoms with Crippen molar-refractivity contribution in [1.29, 1.82) is 0 Å². The Morgan fingerprint density at radius 3 is 2.13 bits per heavy atom. The molecule has 0 atom stereocenters. The lowest BCUT2D eigenvalue weighted by molar-refractivity contribution is -0.115. The maximum atomic E-state index is 10.9. The average molecular weight is 203 g/mol. The Kier molecular flexibility index (Phi) is 3.78. The lowest BCUT2D eigenvalue weighted by Gasteiger charge is -2.01. The molecule has 0 aliphatic carbocycles. The molecular weight excluding hydrogens is 186 g/mol. The molecule has 0 aromatic heterocycles. The first-order valence-electron chi connectivity index (χ1n) is 5.09. The topological polar surface area (TPSA) is 29.4 Å². The number of carbonyl (C=O) groups excluding carboxylic acids is 1. The predicted octanol–water partition coefficient (Wildman–Crippen LogP) is 3.37. The Labute approximate surface area is 91.0 Å². The number of nitrogens with zero attached hydrogens (tertiary/aromatic N) is 1. The van der Waals surface area contributed by atoms with Crippen LogP contribution in [0.5, 0.6) is 0 Å². The molecule has 1 aromatic rings. The number of aryl methyl sites for hydroxylation is 2. The molecule has 0 radical (unpaired) electrons. The van der Waals surface area contributed by atoms with Crippen molar-refractivity contribution in [2.75, 3.05) is 0 Å². The average Bonchev–Trinajstić information content (AvgIpc) is 1.98. The molecule has 1 aromatic carbocycles. The molecule has 1 rings (SSSR count).